The lowest BCUT2D eigenvalue weighted by atomic mass is 10.2. The number of benzene rings is 1. The lowest BCUT2D eigenvalue weighted by Gasteiger charge is -2.07. The molecule has 1 N–H and O–H groups in total. The van der Waals surface area contributed by atoms with Crippen LogP contribution in [0, 0.1) is 5.82 Å². The summed E-state index contributed by atoms with van der Waals surface area (Å²) in [6, 6.07) is 6.54. The number of rotatable bonds is 5. The van der Waals surface area contributed by atoms with E-state index >= 15 is 0 Å². The van der Waals surface area contributed by atoms with Crippen LogP contribution in [-0.2, 0) is 13.2 Å². The van der Waals surface area contributed by atoms with Gasteiger partial charge < -0.3 is 9.84 Å². The molecule has 1 aromatic carbocycles. The van der Waals surface area contributed by atoms with Gasteiger partial charge in [-0.05, 0) is 37.6 Å². The molecule has 0 fully saturated rings. The van der Waals surface area contributed by atoms with E-state index < -0.39 is 5.82 Å². The summed E-state index contributed by atoms with van der Waals surface area (Å²) in [5.74, 6) is -0.314. The van der Waals surface area contributed by atoms with Crippen molar-refractivity contribution < 1.29 is 14.2 Å². The molecule has 0 aliphatic carbocycles. The second-order valence-corrected chi connectivity index (χ2v) is 4.59. The van der Waals surface area contributed by atoms with Gasteiger partial charge >= 0.3 is 0 Å². The number of aliphatic hydroxyl groups excluding tert-OH is 1. The lowest BCUT2D eigenvalue weighted by Crippen LogP contribution is -2.04. The third-order valence-electron chi connectivity index (χ3n) is 2.75. The van der Waals surface area contributed by atoms with E-state index in [1.807, 2.05) is 30.8 Å². The van der Waals surface area contributed by atoms with Crippen molar-refractivity contribution in [3.8, 4) is 5.75 Å². The molecule has 0 bridgehead atoms. The quantitative estimate of drug-likeness (QED) is 0.903. The molecule has 0 aliphatic rings. The van der Waals surface area contributed by atoms with Gasteiger partial charge in [0.05, 0.1) is 12.3 Å². The number of nitrogens with zero attached hydrogens (tertiary/aromatic N) is 2. The first-order chi connectivity index (χ1) is 9.10. The first-order valence-electron chi connectivity index (χ1n) is 6.16. The molecule has 102 valence electrons. The van der Waals surface area contributed by atoms with Crippen molar-refractivity contribution >= 4 is 0 Å². The Morgan fingerprint density at radius 1 is 1.37 bits per heavy atom. The molecular weight excluding hydrogens is 247 g/mol. The van der Waals surface area contributed by atoms with Crippen molar-refractivity contribution in [3.63, 3.8) is 0 Å². The molecule has 2 rings (SSSR count). The third kappa shape index (κ3) is 3.32. The van der Waals surface area contributed by atoms with Crippen molar-refractivity contribution in [2.75, 3.05) is 0 Å². The van der Waals surface area contributed by atoms with Crippen molar-refractivity contribution in [3.05, 3.63) is 47.5 Å². The zero-order valence-electron chi connectivity index (χ0n) is 11.0. The fraction of sp³-hybridized carbons (Fsp3) is 0.357. The predicted molar refractivity (Wildman–Crippen MR) is 69.3 cm³/mol. The van der Waals surface area contributed by atoms with Crippen LogP contribution < -0.4 is 4.74 Å². The highest BCUT2D eigenvalue weighted by atomic mass is 19.1. The molecule has 4 nitrogen and oxygen atoms in total. The average Bonchev–Trinajstić information content (AvgIpc) is 2.86. The van der Waals surface area contributed by atoms with E-state index in [4.69, 9.17) is 9.84 Å². The van der Waals surface area contributed by atoms with E-state index in [1.165, 1.54) is 12.1 Å². The molecule has 0 amide bonds. The fourth-order valence-electron chi connectivity index (χ4n) is 1.65. The maximum absolute atomic E-state index is 13.6. The monoisotopic (exact) mass is 264 g/mol. The van der Waals surface area contributed by atoms with E-state index in [9.17, 15) is 4.39 Å². The summed E-state index contributed by atoms with van der Waals surface area (Å²) in [5, 5.41) is 13.2. The van der Waals surface area contributed by atoms with E-state index in [1.54, 1.807) is 6.07 Å². The Kier molecular flexibility index (Phi) is 4.16. The van der Waals surface area contributed by atoms with Gasteiger partial charge in [-0.15, -0.1) is 0 Å². The van der Waals surface area contributed by atoms with E-state index in [-0.39, 0.29) is 25.0 Å². The molecule has 0 unspecified atom stereocenters. The van der Waals surface area contributed by atoms with E-state index in [0.717, 1.165) is 5.69 Å². The summed E-state index contributed by atoms with van der Waals surface area (Å²) < 4.78 is 20.8. The molecule has 1 aromatic heterocycles. The minimum Gasteiger partial charge on any atom is -0.484 e. The molecule has 0 saturated heterocycles. The minimum atomic E-state index is -0.477. The second kappa shape index (κ2) is 5.84. The molecule has 0 spiro atoms. The van der Waals surface area contributed by atoms with Gasteiger partial charge in [-0.2, -0.15) is 5.10 Å². The molecular formula is C14H17FN2O2. The normalized spacial score (nSPS) is 11.0. The molecule has 5 heteroatoms. The van der Waals surface area contributed by atoms with Crippen molar-refractivity contribution in [2.24, 2.45) is 0 Å². The standard InChI is InChI=1S/C14H17FN2O2/c1-10(2)17-6-5-12(16-17)9-19-14-4-3-11(8-18)7-13(14)15/h3-7,10,18H,8-9H2,1-2H3. The minimum absolute atomic E-state index is 0.163. The number of halogens is 1. The maximum Gasteiger partial charge on any atom is 0.165 e. The number of hydrogen-bond acceptors (Lipinski definition) is 3. The van der Waals surface area contributed by atoms with Gasteiger partial charge in [0.15, 0.2) is 11.6 Å². The average molecular weight is 264 g/mol. The topological polar surface area (TPSA) is 47.3 Å². The molecule has 19 heavy (non-hydrogen) atoms. The van der Waals surface area contributed by atoms with E-state index in [2.05, 4.69) is 5.10 Å². The summed E-state index contributed by atoms with van der Waals surface area (Å²) in [6.07, 6.45) is 1.87. The molecule has 0 atom stereocenters. The van der Waals surface area contributed by atoms with Crippen LogP contribution in [0.1, 0.15) is 31.1 Å². The largest absolute Gasteiger partial charge is 0.484 e. The number of aromatic nitrogens is 2. The molecule has 0 aliphatic heterocycles. The van der Waals surface area contributed by atoms with Gasteiger partial charge in [0.2, 0.25) is 0 Å². The summed E-state index contributed by atoms with van der Waals surface area (Å²) in [7, 11) is 0. The van der Waals surface area contributed by atoms with Gasteiger partial charge in [-0.3, -0.25) is 4.68 Å². The van der Waals surface area contributed by atoms with Crippen LogP contribution in [0.25, 0.3) is 0 Å². The Morgan fingerprint density at radius 3 is 2.74 bits per heavy atom. The highest BCUT2D eigenvalue weighted by Crippen LogP contribution is 2.19. The molecule has 0 radical (unpaired) electrons. The van der Waals surface area contributed by atoms with E-state index in [0.29, 0.717) is 5.56 Å². The zero-order valence-corrected chi connectivity index (χ0v) is 11.0. The Bertz CT molecular complexity index is 552. The summed E-state index contributed by atoms with van der Waals surface area (Å²) in [5.41, 5.74) is 1.27. The number of ether oxygens (including phenoxy) is 1. The van der Waals surface area contributed by atoms with Crippen molar-refractivity contribution in [2.45, 2.75) is 33.1 Å². The predicted octanol–water partition coefficient (Wildman–Crippen LogP) is 2.67. The third-order valence-corrected chi connectivity index (χ3v) is 2.75. The van der Waals surface area contributed by atoms with Crippen molar-refractivity contribution in [1.29, 1.82) is 0 Å². The maximum atomic E-state index is 13.6. The van der Waals surface area contributed by atoms with Crippen LogP contribution in [0.3, 0.4) is 0 Å². The summed E-state index contributed by atoms with van der Waals surface area (Å²) >= 11 is 0. The smallest absolute Gasteiger partial charge is 0.165 e. The SMILES string of the molecule is CC(C)n1ccc(COc2ccc(CO)cc2F)n1. The lowest BCUT2D eigenvalue weighted by molar-refractivity contribution is 0.274. The van der Waals surface area contributed by atoms with Gasteiger partial charge in [-0.25, -0.2) is 4.39 Å². The van der Waals surface area contributed by atoms with Crippen LogP contribution in [0.2, 0.25) is 0 Å². The van der Waals surface area contributed by atoms with Crippen LogP contribution in [0.4, 0.5) is 4.39 Å². The highest BCUT2D eigenvalue weighted by Gasteiger charge is 2.07. The number of aliphatic hydroxyl groups is 1. The summed E-state index contributed by atoms with van der Waals surface area (Å²) in [6.45, 7) is 4.10. The van der Waals surface area contributed by atoms with Gasteiger partial charge in [0.25, 0.3) is 0 Å². The Balaban J connectivity index is 2.01. The molecule has 1 heterocycles. The van der Waals surface area contributed by atoms with Gasteiger partial charge in [-0.1, -0.05) is 6.07 Å². The number of hydrogen-bond donors (Lipinski definition) is 1. The first kappa shape index (κ1) is 13.5. The summed E-state index contributed by atoms with van der Waals surface area (Å²) in [4.78, 5) is 0. The fourth-order valence-corrected chi connectivity index (χ4v) is 1.65. The van der Waals surface area contributed by atoms with Crippen LogP contribution in [-0.4, -0.2) is 14.9 Å². The van der Waals surface area contributed by atoms with Crippen LogP contribution in [0.15, 0.2) is 30.5 Å². The second-order valence-electron chi connectivity index (χ2n) is 4.59. The molecule has 0 saturated carbocycles. The van der Waals surface area contributed by atoms with Gasteiger partial charge in [0.1, 0.15) is 6.61 Å². The molecule has 2 aromatic rings. The Morgan fingerprint density at radius 2 is 2.16 bits per heavy atom. The van der Waals surface area contributed by atoms with Crippen LogP contribution in [0.5, 0.6) is 5.75 Å². The van der Waals surface area contributed by atoms with Crippen molar-refractivity contribution in [1.82, 2.24) is 9.78 Å². The highest BCUT2D eigenvalue weighted by molar-refractivity contribution is 5.29. The Hall–Kier alpha value is -1.88. The van der Waals surface area contributed by atoms with Gasteiger partial charge in [0, 0.05) is 12.2 Å². The van der Waals surface area contributed by atoms with Crippen LogP contribution >= 0.6 is 0 Å². The Labute approximate surface area is 111 Å². The first-order valence-corrected chi connectivity index (χ1v) is 6.16. The zero-order chi connectivity index (χ0) is 13.8.